The molecule has 70 valence electrons. The second-order valence-electron chi connectivity index (χ2n) is 2.83. The summed E-state index contributed by atoms with van der Waals surface area (Å²) >= 11 is 1.79. The van der Waals surface area contributed by atoms with Crippen LogP contribution in [-0.2, 0) is 0 Å². The van der Waals surface area contributed by atoms with Gasteiger partial charge in [-0.15, -0.1) is 11.8 Å². The summed E-state index contributed by atoms with van der Waals surface area (Å²) in [7, 11) is 0. The van der Waals surface area contributed by atoms with Crippen LogP contribution < -0.4 is 0 Å². The van der Waals surface area contributed by atoms with E-state index in [0.717, 1.165) is 5.75 Å². The van der Waals surface area contributed by atoms with Crippen LogP contribution >= 0.6 is 11.8 Å². The minimum Gasteiger partial charge on any atom is -0.392 e. The number of hydrogen-bond acceptors (Lipinski definition) is 2. The van der Waals surface area contributed by atoms with Gasteiger partial charge in [0.15, 0.2) is 0 Å². The highest BCUT2D eigenvalue weighted by atomic mass is 32.2. The topological polar surface area (TPSA) is 20.2 Å². The lowest BCUT2D eigenvalue weighted by atomic mass is 10.3. The van der Waals surface area contributed by atoms with Crippen molar-refractivity contribution < 1.29 is 5.11 Å². The fourth-order valence-corrected chi connectivity index (χ4v) is 1.79. The van der Waals surface area contributed by atoms with Gasteiger partial charge in [-0.25, -0.2) is 0 Å². The van der Waals surface area contributed by atoms with Crippen molar-refractivity contribution in [1.82, 2.24) is 0 Å². The van der Waals surface area contributed by atoms with Crippen LogP contribution in [0.2, 0.25) is 0 Å². The molecule has 0 fully saturated rings. The van der Waals surface area contributed by atoms with Gasteiger partial charge in [0, 0.05) is 10.6 Å². The van der Waals surface area contributed by atoms with Crippen molar-refractivity contribution in [2.75, 3.05) is 12.4 Å². The summed E-state index contributed by atoms with van der Waals surface area (Å²) in [5.41, 5.74) is 1.22. The standard InChI is InChI=1S/C11H14OS/c1-10(7-8-12)9-13-11-5-3-2-4-6-11/h2-7,12H,8-9H2,1H3/b10-7+. The van der Waals surface area contributed by atoms with Crippen LogP contribution in [0.25, 0.3) is 0 Å². The Balaban J connectivity index is 2.39. The summed E-state index contributed by atoms with van der Waals surface area (Å²) < 4.78 is 0. The number of benzene rings is 1. The highest BCUT2D eigenvalue weighted by Crippen LogP contribution is 2.19. The molecule has 2 heteroatoms. The van der Waals surface area contributed by atoms with E-state index in [2.05, 4.69) is 12.1 Å². The Morgan fingerprint density at radius 1 is 1.38 bits per heavy atom. The smallest absolute Gasteiger partial charge is 0.0615 e. The molecule has 0 atom stereocenters. The summed E-state index contributed by atoms with van der Waals surface area (Å²) in [4.78, 5) is 1.27. The molecule has 0 amide bonds. The molecule has 0 aliphatic carbocycles. The van der Waals surface area contributed by atoms with Crippen molar-refractivity contribution in [3.63, 3.8) is 0 Å². The SMILES string of the molecule is C/C(=C\CO)CSc1ccccc1. The monoisotopic (exact) mass is 194 g/mol. The second-order valence-corrected chi connectivity index (χ2v) is 3.88. The quantitative estimate of drug-likeness (QED) is 0.587. The lowest BCUT2D eigenvalue weighted by Crippen LogP contribution is -1.84. The van der Waals surface area contributed by atoms with Crippen molar-refractivity contribution in [2.45, 2.75) is 11.8 Å². The summed E-state index contributed by atoms with van der Waals surface area (Å²) in [6.07, 6.45) is 1.84. The van der Waals surface area contributed by atoms with Gasteiger partial charge in [-0.2, -0.15) is 0 Å². The molecule has 0 aliphatic rings. The molecule has 0 heterocycles. The Morgan fingerprint density at radius 2 is 2.08 bits per heavy atom. The molecule has 1 nitrogen and oxygen atoms in total. The Morgan fingerprint density at radius 3 is 2.69 bits per heavy atom. The van der Waals surface area contributed by atoms with Gasteiger partial charge in [-0.1, -0.05) is 29.8 Å². The third kappa shape index (κ3) is 4.15. The number of rotatable bonds is 4. The normalized spacial score (nSPS) is 11.7. The third-order valence-electron chi connectivity index (χ3n) is 1.65. The van der Waals surface area contributed by atoms with Gasteiger partial charge in [-0.05, 0) is 19.1 Å². The molecule has 0 saturated carbocycles. The molecule has 0 saturated heterocycles. The maximum atomic E-state index is 8.65. The van der Waals surface area contributed by atoms with Crippen molar-refractivity contribution in [2.24, 2.45) is 0 Å². The summed E-state index contributed by atoms with van der Waals surface area (Å²) in [6, 6.07) is 10.3. The van der Waals surface area contributed by atoms with Crippen molar-refractivity contribution >= 4 is 11.8 Å². The van der Waals surface area contributed by atoms with E-state index in [1.165, 1.54) is 10.5 Å². The summed E-state index contributed by atoms with van der Waals surface area (Å²) in [6.45, 7) is 2.17. The van der Waals surface area contributed by atoms with Crippen LogP contribution in [0.1, 0.15) is 6.92 Å². The fourth-order valence-electron chi connectivity index (χ4n) is 0.929. The van der Waals surface area contributed by atoms with Crippen molar-refractivity contribution in [1.29, 1.82) is 0 Å². The summed E-state index contributed by atoms with van der Waals surface area (Å²) in [5.74, 6) is 0.949. The maximum absolute atomic E-state index is 8.65. The average molecular weight is 194 g/mol. The molecule has 1 aromatic carbocycles. The minimum absolute atomic E-state index is 0.140. The largest absolute Gasteiger partial charge is 0.392 e. The number of hydrogen-bond donors (Lipinski definition) is 1. The summed E-state index contributed by atoms with van der Waals surface area (Å²) in [5, 5.41) is 8.65. The highest BCUT2D eigenvalue weighted by Gasteiger charge is 1.92. The molecule has 0 aliphatic heterocycles. The van der Waals surface area contributed by atoms with Crippen LogP contribution in [0.15, 0.2) is 46.9 Å². The van der Waals surface area contributed by atoms with Gasteiger partial charge in [0.25, 0.3) is 0 Å². The van der Waals surface area contributed by atoms with Gasteiger partial charge >= 0.3 is 0 Å². The molecule has 1 N–H and O–H groups in total. The number of thioether (sulfide) groups is 1. The average Bonchev–Trinajstić information content (AvgIpc) is 2.17. The molecule has 0 bridgehead atoms. The van der Waals surface area contributed by atoms with Crippen molar-refractivity contribution in [3.05, 3.63) is 42.0 Å². The van der Waals surface area contributed by atoms with E-state index in [1.54, 1.807) is 11.8 Å². The van der Waals surface area contributed by atoms with Crippen molar-refractivity contribution in [3.8, 4) is 0 Å². The zero-order valence-corrected chi connectivity index (χ0v) is 8.55. The first-order valence-corrected chi connectivity index (χ1v) is 5.26. The number of aliphatic hydroxyl groups is 1. The van der Waals surface area contributed by atoms with Crippen LogP contribution in [0.5, 0.6) is 0 Å². The van der Waals surface area contributed by atoms with E-state index in [9.17, 15) is 0 Å². The zero-order chi connectivity index (χ0) is 9.52. The Labute approximate surface area is 83.5 Å². The Bertz CT molecular complexity index is 267. The van der Waals surface area contributed by atoms with E-state index in [1.807, 2.05) is 31.2 Å². The Kier molecular flexibility index (Phi) is 4.65. The Hall–Kier alpha value is -0.730. The van der Waals surface area contributed by atoms with Crippen LogP contribution in [0.4, 0.5) is 0 Å². The van der Waals surface area contributed by atoms with Crippen LogP contribution in [-0.4, -0.2) is 17.5 Å². The lowest BCUT2D eigenvalue weighted by Gasteiger charge is -2.00. The van der Waals surface area contributed by atoms with E-state index < -0.39 is 0 Å². The first-order valence-electron chi connectivity index (χ1n) is 4.27. The molecule has 0 radical (unpaired) electrons. The minimum atomic E-state index is 0.140. The van der Waals surface area contributed by atoms with Gasteiger partial charge in [-0.3, -0.25) is 0 Å². The molecular formula is C11H14OS. The van der Waals surface area contributed by atoms with Gasteiger partial charge in [0.1, 0.15) is 0 Å². The lowest BCUT2D eigenvalue weighted by molar-refractivity contribution is 0.342. The van der Waals surface area contributed by atoms with Gasteiger partial charge in [0.2, 0.25) is 0 Å². The highest BCUT2D eigenvalue weighted by molar-refractivity contribution is 7.99. The van der Waals surface area contributed by atoms with E-state index in [0.29, 0.717) is 0 Å². The first-order chi connectivity index (χ1) is 6.33. The molecule has 13 heavy (non-hydrogen) atoms. The van der Waals surface area contributed by atoms with E-state index in [-0.39, 0.29) is 6.61 Å². The van der Waals surface area contributed by atoms with Crippen LogP contribution in [0.3, 0.4) is 0 Å². The second kappa shape index (κ2) is 5.84. The molecule has 0 aromatic heterocycles. The number of aliphatic hydroxyl groups excluding tert-OH is 1. The fraction of sp³-hybridized carbons (Fsp3) is 0.273. The zero-order valence-electron chi connectivity index (χ0n) is 7.73. The van der Waals surface area contributed by atoms with Crippen LogP contribution in [0, 0.1) is 0 Å². The van der Waals surface area contributed by atoms with E-state index >= 15 is 0 Å². The van der Waals surface area contributed by atoms with Gasteiger partial charge < -0.3 is 5.11 Å². The molecule has 0 unspecified atom stereocenters. The van der Waals surface area contributed by atoms with E-state index in [4.69, 9.17) is 5.11 Å². The maximum Gasteiger partial charge on any atom is 0.0615 e. The molecule has 1 rings (SSSR count). The predicted molar refractivity (Wildman–Crippen MR) is 58.0 cm³/mol. The molecular weight excluding hydrogens is 180 g/mol. The first kappa shape index (κ1) is 10.4. The third-order valence-corrected chi connectivity index (χ3v) is 2.85. The molecule has 1 aromatic rings. The van der Waals surface area contributed by atoms with Gasteiger partial charge in [0.05, 0.1) is 6.61 Å². The molecule has 0 spiro atoms. The predicted octanol–water partition coefficient (Wildman–Crippen LogP) is 2.72.